The molecule has 0 unspecified atom stereocenters. The predicted molar refractivity (Wildman–Crippen MR) is 59.1 cm³/mol. The molecule has 0 saturated heterocycles. The molecule has 0 bridgehead atoms. The van der Waals surface area contributed by atoms with Crippen molar-refractivity contribution in [2.75, 3.05) is 0 Å². The molecule has 5 nitrogen and oxygen atoms in total. The standard InChI is InChI=1S/C11H16N2O3/c1-11(2,9(14)15)5-3-7-13-8-4-6-12-10(13)16/h4,6,8H,3,5,7H2,1-2H3,(H,14,15). The molecule has 0 fully saturated rings. The van der Waals surface area contributed by atoms with Crippen LogP contribution in [-0.4, -0.2) is 20.6 Å². The van der Waals surface area contributed by atoms with Gasteiger partial charge in [0.25, 0.3) is 0 Å². The summed E-state index contributed by atoms with van der Waals surface area (Å²) in [5.41, 5.74) is -1.04. The molecule has 0 aromatic carbocycles. The average molecular weight is 224 g/mol. The van der Waals surface area contributed by atoms with Crippen molar-refractivity contribution in [2.24, 2.45) is 5.41 Å². The van der Waals surface area contributed by atoms with Gasteiger partial charge in [-0.25, -0.2) is 9.78 Å². The summed E-state index contributed by atoms with van der Waals surface area (Å²) in [6, 6.07) is 1.68. The van der Waals surface area contributed by atoms with Gasteiger partial charge in [-0.15, -0.1) is 0 Å². The molecule has 1 N–H and O–H groups in total. The van der Waals surface area contributed by atoms with Crippen LogP contribution in [0.3, 0.4) is 0 Å². The highest BCUT2D eigenvalue weighted by atomic mass is 16.4. The summed E-state index contributed by atoms with van der Waals surface area (Å²) in [6.45, 7) is 3.87. The normalized spacial score (nSPS) is 11.4. The number of hydrogen-bond donors (Lipinski definition) is 1. The van der Waals surface area contributed by atoms with Crippen molar-refractivity contribution in [3.63, 3.8) is 0 Å². The molecule has 1 heterocycles. The quantitative estimate of drug-likeness (QED) is 0.813. The second-order valence-electron chi connectivity index (χ2n) is 4.39. The van der Waals surface area contributed by atoms with Crippen molar-refractivity contribution in [1.29, 1.82) is 0 Å². The zero-order chi connectivity index (χ0) is 12.2. The molecule has 1 aromatic rings. The fourth-order valence-electron chi connectivity index (χ4n) is 1.36. The first-order chi connectivity index (χ1) is 7.43. The summed E-state index contributed by atoms with van der Waals surface area (Å²) in [4.78, 5) is 25.7. The SMILES string of the molecule is CC(C)(CCCn1cccnc1=O)C(=O)O. The molecule has 88 valence electrons. The summed E-state index contributed by atoms with van der Waals surface area (Å²) in [5.74, 6) is -0.814. The van der Waals surface area contributed by atoms with Gasteiger partial charge in [-0.3, -0.25) is 9.36 Å². The Balaban J connectivity index is 2.51. The predicted octanol–water partition coefficient (Wildman–Crippen LogP) is 1.13. The van der Waals surface area contributed by atoms with Crippen LogP contribution in [0.4, 0.5) is 0 Å². The summed E-state index contributed by atoms with van der Waals surface area (Å²) in [6.07, 6.45) is 4.28. The number of aliphatic carboxylic acids is 1. The van der Waals surface area contributed by atoms with Gasteiger partial charge in [0.05, 0.1) is 5.41 Å². The zero-order valence-corrected chi connectivity index (χ0v) is 9.51. The largest absolute Gasteiger partial charge is 0.481 e. The van der Waals surface area contributed by atoms with Crippen LogP contribution in [0, 0.1) is 5.41 Å². The van der Waals surface area contributed by atoms with Crippen molar-refractivity contribution >= 4 is 5.97 Å². The molecule has 16 heavy (non-hydrogen) atoms. The maximum atomic E-state index is 11.2. The molecule has 0 atom stereocenters. The smallest absolute Gasteiger partial charge is 0.347 e. The number of carboxylic acid groups (broad SMARTS) is 1. The maximum absolute atomic E-state index is 11.2. The van der Waals surface area contributed by atoms with Crippen molar-refractivity contribution in [3.05, 3.63) is 28.9 Å². The van der Waals surface area contributed by atoms with Crippen LogP contribution >= 0.6 is 0 Å². The molecule has 0 amide bonds. The fraction of sp³-hybridized carbons (Fsp3) is 0.545. The van der Waals surface area contributed by atoms with E-state index >= 15 is 0 Å². The highest BCUT2D eigenvalue weighted by molar-refractivity contribution is 5.73. The van der Waals surface area contributed by atoms with Gasteiger partial charge in [-0.2, -0.15) is 0 Å². The first-order valence-corrected chi connectivity index (χ1v) is 5.18. The third-order valence-corrected chi connectivity index (χ3v) is 2.56. The number of carboxylic acids is 1. The Kier molecular flexibility index (Phi) is 3.82. The lowest BCUT2D eigenvalue weighted by Crippen LogP contribution is -2.26. The van der Waals surface area contributed by atoms with Gasteiger partial charge in [0.15, 0.2) is 0 Å². The van der Waals surface area contributed by atoms with Gasteiger partial charge < -0.3 is 5.11 Å². The number of nitrogens with zero attached hydrogens (tertiary/aromatic N) is 2. The van der Waals surface area contributed by atoms with E-state index in [2.05, 4.69) is 4.98 Å². The van der Waals surface area contributed by atoms with Crippen molar-refractivity contribution < 1.29 is 9.90 Å². The third-order valence-electron chi connectivity index (χ3n) is 2.56. The van der Waals surface area contributed by atoms with Crippen LogP contribution in [0.15, 0.2) is 23.3 Å². The van der Waals surface area contributed by atoms with Crippen LogP contribution in [0.1, 0.15) is 26.7 Å². The Labute approximate surface area is 93.8 Å². The van der Waals surface area contributed by atoms with Crippen LogP contribution in [0.5, 0.6) is 0 Å². The molecule has 0 aliphatic carbocycles. The van der Waals surface area contributed by atoms with E-state index < -0.39 is 11.4 Å². The summed E-state index contributed by atoms with van der Waals surface area (Å²) in [7, 11) is 0. The lowest BCUT2D eigenvalue weighted by atomic mass is 9.88. The molecule has 1 aromatic heterocycles. The number of rotatable bonds is 5. The van der Waals surface area contributed by atoms with Crippen molar-refractivity contribution in [3.8, 4) is 0 Å². The lowest BCUT2D eigenvalue weighted by molar-refractivity contribution is -0.147. The maximum Gasteiger partial charge on any atom is 0.347 e. The second-order valence-corrected chi connectivity index (χ2v) is 4.39. The minimum Gasteiger partial charge on any atom is -0.481 e. The molecule has 0 spiro atoms. The highest BCUT2D eigenvalue weighted by Crippen LogP contribution is 2.22. The van der Waals surface area contributed by atoms with Gasteiger partial charge in [0, 0.05) is 18.9 Å². The van der Waals surface area contributed by atoms with Crippen molar-refractivity contribution in [1.82, 2.24) is 9.55 Å². The molecule has 0 radical (unpaired) electrons. The zero-order valence-electron chi connectivity index (χ0n) is 9.51. The van der Waals surface area contributed by atoms with Crippen molar-refractivity contribution in [2.45, 2.75) is 33.2 Å². The van der Waals surface area contributed by atoms with E-state index in [-0.39, 0.29) is 5.69 Å². The number of aryl methyl sites for hydroxylation is 1. The van der Waals surface area contributed by atoms with E-state index in [1.54, 1.807) is 26.1 Å². The average Bonchev–Trinajstić information content (AvgIpc) is 2.20. The molecule has 5 heteroatoms. The number of aromatic nitrogens is 2. The summed E-state index contributed by atoms with van der Waals surface area (Å²) in [5, 5.41) is 8.91. The van der Waals surface area contributed by atoms with Crippen LogP contribution in [0.2, 0.25) is 0 Å². The molecule has 0 aliphatic rings. The van der Waals surface area contributed by atoms with E-state index in [9.17, 15) is 9.59 Å². The van der Waals surface area contributed by atoms with E-state index in [1.807, 2.05) is 0 Å². The molecule has 1 rings (SSSR count). The Bertz CT molecular complexity index is 423. The lowest BCUT2D eigenvalue weighted by Gasteiger charge is -2.18. The Morgan fingerprint density at radius 1 is 1.56 bits per heavy atom. The Morgan fingerprint density at radius 3 is 2.81 bits per heavy atom. The molecular formula is C11H16N2O3. The van der Waals surface area contributed by atoms with E-state index in [0.717, 1.165) is 0 Å². The van der Waals surface area contributed by atoms with Gasteiger partial charge in [0.1, 0.15) is 0 Å². The third kappa shape index (κ3) is 3.18. The highest BCUT2D eigenvalue weighted by Gasteiger charge is 2.26. The van der Waals surface area contributed by atoms with Gasteiger partial charge in [-0.1, -0.05) is 0 Å². The van der Waals surface area contributed by atoms with Crippen LogP contribution in [0.25, 0.3) is 0 Å². The number of carbonyl (C=O) groups is 1. The summed E-state index contributed by atoms with van der Waals surface area (Å²) >= 11 is 0. The molecule has 0 aliphatic heterocycles. The molecule has 0 saturated carbocycles. The first kappa shape index (κ1) is 12.4. The second kappa shape index (κ2) is 4.92. The Hall–Kier alpha value is -1.65. The van der Waals surface area contributed by atoms with Gasteiger partial charge >= 0.3 is 11.7 Å². The number of hydrogen-bond acceptors (Lipinski definition) is 3. The minimum atomic E-state index is -0.814. The Morgan fingerprint density at radius 2 is 2.25 bits per heavy atom. The minimum absolute atomic E-state index is 0.296. The van der Waals surface area contributed by atoms with Crippen LogP contribution < -0.4 is 5.69 Å². The van der Waals surface area contributed by atoms with E-state index in [1.165, 1.54) is 10.8 Å². The van der Waals surface area contributed by atoms with E-state index in [4.69, 9.17) is 5.11 Å². The molecular weight excluding hydrogens is 208 g/mol. The monoisotopic (exact) mass is 224 g/mol. The fourth-order valence-corrected chi connectivity index (χ4v) is 1.36. The van der Waals surface area contributed by atoms with Crippen LogP contribution in [-0.2, 0) is 11.3 Å². The van der Waals surface area contributed by atoms with Gasteiger partial charge in [0.2, 0.25) is 0 Å². The van der Waals surface area contributed by atoms with E-state index in [0.29, 0.717) is 19.4 Å². The topological polar surface area (TPSA) is 72.2 Å². The van der Waals surface area contributed by atoms with Gasteiger partial charge in [-0.05, 0) is 32.8 Å². The summed E-state index contributed by atoms with van der Waals surface area (Å²) < 4.78 is 1.48. The first-order valence-electron chi connectivity index (χ1n) is 5.18.